The minimum atomic E-state index is -0.261. The molecule has 1 rings (SSSR count). The van der Waals surface area contributed by atoms with Gasteiger partial charge in [-0.15, -0.1) is 0 Å². The van der Waals surface area contributed by atoms with Crippen molar-refractivity contribution in [2.24, 2.45) is 5.73 Å². The minimum absolute atomic E-state index is 0.0483. The molecule has 15 heavy (non-hydrogen) atoms. The lowest BCUT2D eigenvalue weighted by Crippen LogP contribution is -2.32. The molecule has 3 nitrogen and oxygen atoms in total. The number of hydrogen-bond donors (Lipinski definition) is 2. The van der Waals surface area contributed by atoms with Gasteiger partial charge >= 0.3 is 0 Å². The van der Waals surface area contributed by atoms with Crippen LogP contribution in [0.4, 0.5) is 4.39 Å². The molecule has 1 aromatic carbocycles. The summed E-state index contributed by atoms with van der Waals surface area (Å²) in [5.74, 6) is -0.261. The minimum Gasteiger partial charge on any atom is -0.395 e. The van der Waals surface area contributed by atoms with E-state index in [1.165, 1.54) is 12.1 Å². The standard InChI is InChI=1S/C11H17FN2O/c1-14(5-6-15)11(8-13)9-3-2-4-10(12)7-9/h2-4,7,11,15H,5-6,8,13H2,1H3. The maximum Gasteiger partial charge on any atom is 0.123 e. The Labute approximate surface area is 89.3 Å². The second kappa shape index (κ2) is 5.80. The van der Waals surface area contributed by atoms with Gasteiger partial charge in [0.2, 0.25) is 0 Å². The molecular weight excluding hydrogens is 195 g/mol. The number of benzene rings is 1. The van der Waals surface area contributed by atoms with E-state index < -0.39 is 0 Å². The van der Waals surface area contributed by atoms with Gasteiger partial charge in [0, 0.05) is 19.1 Å². The van der Waals surface area contributed by atoms with Crippen molar-refractivity contribution < 1.29 is 9.50 Å². The van der Waals surface area contributed by atoms with E-state index in [9.17, 15) is 4.39 Å². The highest BCUT2D eigenvalue weighted by molar-refractivity contribution is 5.20. The van der Waals surface area contributed by atoms with Gasteiger partial charge in [0.25, 0.3) is 0 Å². The van der Waals surface area contributed by atoms with Crippen molar-refractivity contribution in [1.82, 2.24) is 4.90 Å². The van der Waals surface area contributed by atoms with Crippen molar-refractivity contribution >= 4 is 0 Å². The van der Waals surface area contributed by atoms with Gasteiger partial charge in [0.05, 0.1) is 6.61 Å². The van der Waals surface area contributed by atoms with Crippen molar-refractivity contribution in [3.63, 3.8) is 0 Å². The smallest absolute Gasteiger partial charge is 0.123 e. The van der Waals surface area contributed by atoms with Crippen LogP contribution in [0, 0.1) is 5.82 Å². The first-order valence-corrected chi connectivity index (χ1v) is 4.95. The van der Waals surface area contributed by atoms with Crippen LogP contribution in [0.1, 0.15) is 11.6 Å². The largest absolute Gasteiger partial charge is 0.395 e. The Balaban J connectivity index is 2.82. The van der Waals surface area contributed by atoms with Crippen LogP contribution in [-0.2, 0) is 0 Å². The van der Waals surface area contributed by atoms with Gasteiger partial charge in [0.1, 0.15) is 5.82 Å². The molecule has 1 atom stereocenters. The number of nitrogens with two attached hydrogens (primary N) is 1. The summed E-state index contributed by atoms with van der Waals surface area (Å²) in [6, 6.07) is 6.34. The number of likely N-dealkylation sites (N-methyl/N-ethyl adjacent to an activating group) is 1. The second-order valence-corrected chi connectivity index (χ2v) is 3.51. The van der Waals surface area contributed by atoms with Gasteiger partial charge in [-0.1, -0.05) is 12.1 Å². The van der Waals surface area contributed by atoms with Crippen LogP contribution in [0.2, 0.25) is 0 Å². The van der Waals surface area contributed by atoms with Crippen LogP contribution in [-0.4, -0.2) is 36.8 Å². The first kappa shape index (κ1) is 12.1. The molecule has 0 heterocycles. The third-order valence-corrected chi connectivity index (χ3v) is 2.44. The molecule has 0 fully saturated rings. The Morgan fingerprint density at radius 3 is 2.80 bits per heavy atom. The average molecular weight is 212 g/mol. The molecule has 0 aliphatic heterocycles. The van der Waals surface area contributed by atoms with Crippen LogP contribution in [0.15, 0.2) is 24.3 Å². The zero-order valence-electron chi connectivity index (χ0n) is 8.86. The summed E-state index contributed by atoms with van der Waals surface area (Å²) in [5.41, 5.74) is 6.48. The fourth-order valence-electron chi connectivity index (χ4n) is 1.60. The Morgan fingerprint density at radius 2 is 2.27 bits per heavy atom. The van der Waals surface area contributed by atoms with Gasteiger partial charge in [-0.2, -0.15) is 0 Å². The molecule has 84 valence electrons. The van der Waals surface area contributed by atoms with Crippen LogP contribution >= 0.6 is 0 Å². The number of rotatable bonds is 5. The molecule has 0 saturated heterocycles. The lowest BCUT2D eigenvalue weighted by Gasteiger charge is -2.26. The van der Waals surface area contributed by atoms with Gasteiger partial charge in [-0.25, -0.2) is 4.39 Å². The van der Waals surface area contributed by atoms with E-state index >= 15 is 0 Å². The summed E-state index contributed by atoms with van der Waals surface area (Å²) in [7, 11) is 1.86. The van der Waals surface area contributed by atoms with Crippen LogP contribution in [0.25, 0.3) is 0 Å². The zero-order chi connectivity index (χ0) is 11.3. The van der Waals surface area contributed by atoms with E-state index in [4.69, 9.17) is 10.8 Å². The van der Waals surface area contributed by atoms with Gasteiger partial charge in [-0.3, -0.25) is 4.90 Å². The van der Waals surface area contributed by atoms with Gasteiger partial charge in [0.15, 0.2) is 0 Å². The van der Waals surface area contributed by atoms with E-state index in [0.717, 1.165) is 5.56 Å². The molecule has 0 amide bonds. The predicted molar refractivity (Wildman–Crippen MR) is 57.9 cm³/mol. The van der Waals surface area contributed by atoms with E-state index in [1.54, 1.807) is 6.07 Å². The van der Waals surface area contributed by atoms with E-state index in [2.05, 4.69) is 0 Å². The average Bonchev–Trinajstić information content (AvgIpc) is 2.19. The van der Waals surface area contributed by atoms with Crippen molar-refractivity contribution in [2.45, 2.75) is 6.04 Å². The summed E-state index contributed by atoms with van der Waals surface area (Å²) < 4.78 is 13.0. The molecule has 4 heteroatoms. The summed E-state index contributed by atoms with van der Waals surface area (Å²) in [4.78, 5) is 1.91. The molecule has 0 bridgehead atoms. The maximum absolute atomic E-state index is 13.0. The Morgan fingerprint density at radius 1 is 1.53 bits per heavy atom. The number of hydrogen-bond acceptors (Lipinski definition) is 3. The summed E-state index contributed by atoms with van der Waals surface area (Å²) in [6.07, 6.45) is 0. The number of aliphatic hydroxyl groups excluding tert-OH is 1. The SMILES string of the molecule is CN(CCO)C(CN)c1cccc(F)c1. The van der Waals surface area contributed by atoms with Crippen molar-refractivity contribution in [3.8, 4) is 0 Å². The molecule has 1 unspecified atom stereocenters. The lowest BCUT2D eigenvalue weighted by atomic mass is 10.1. The topological polar surface area (TPSA) is 49.5 Å². The molecule has 0 radical (unpaired) electrons. The summed E-state index contributed by atoms with van der Waals surface area (Å²) in [6.45, 7) is 1.00. The fourth-order valence-corrected chi connectivity index (χ4v) is 1.60. The quantitative estimate of drug-likeness (QED) is 0.757. The maximum atomic E-state index is 13.0. The highest BCUT2D eigenvalue weighted by atomic mass is 19.1. The number of aliphatic hydroxyl groups is 1. The summed E-state index contributed by atoms with van der Waals surface area (Å²) >= 11 is 0. The van der Waals surface area contributed by atoms with E-state index in [-0.39, 0.29) is 18.5 Å². The third kappa shape index (κ3) is 3.27. The van der Waals surface area contributed by atoms with Crippen molar-refractivity contribution in [3.05, 3.63) is 35.6 Å². The molecular formula is C11H17FN2O. The Bertz CT molecular complexity index is 306. The predicted octanol–water partition coefficient (Wildman–Crippen LogP) is 0.750. The normalized spacial score (nSPS) is 13.1. The number of halogens is 1. The number of nitrogens with zero attached hydrogens (tertiary/aromatic N) is 1. The van der Waals surface area contributed by atoms with Gasteiger partial charge in [-0.05, 0) is 24.7 Å². The lowest BCUT2D eigenvalue weighted by molar-refractivity contribution is 0.183. The molecule has 0 spiro atoms. The molecule has 1 aromatic rings. The van der Waals surface area contributed by atoms with Crippen LogP contribution in [0.3, 0.4) is 0 Å². The zero-order valence-corrected chi connectivity index (χ0v) is 8.86. The monoisotopic (exact) mass is 212 g/mol. The van der Waals surface area contributed by atoms with Crippen molar-refractivity contribution in [1.29, 1.82) is 0 Å². The fraction of sp³-hybridized carbons (Fsp3) is 0.455. The molecule has 3 N–H and O–H groups in total. The molecule has 0 aliphatic rings. The highest BCUT2D eigenvalue weighted by Gasteiger charge is 2.14. The van der Waals surface area contributed by atoms with Crippen LogP contribution in [0.5, 0.6) is 0 Å². The Hall–Kier alpha value is -0.970. The Kier molecular flexibility index (Phi) is 4.68. The van der Waals surface area contributed by atoms with Crippen molar-refractivity contribution in [2.75, 3.05) is 26.7 Å². The molecule has 0 aliphatic carbocycles. The summed E-state index contributed by atoms with van der Waals surface area (Å²) in [5, 5.41) is 8.83. The third-order valence-electron chi connectivity index (χ3n) is 2.44. The van der Waals surface area contributed by atoms with Gasteiger partial charge < -0.3 is 10.8 Å². The first-order chi connectivity index (χ1) is 7.19. The first-order valence-electron chi connectivity index (χ1n) is 4.95. The molecule has 0 aromatic heterocycles. The highest BCUT2D eigenvalue weighted by Crippen LogP contribution is 2.18. The van der Waals surface area contributed by atoms with E-state index in [0.29, 0.717) is 13.1 Å². The second-order valence-electron chi connectivity index (χ2n) is 3.51. The van der Waals surface area contributed by atoms with Crippen LogP contribution < -0.4 is 5.73 Å². The molecule has 0 saturated carbocycles. The van der Waals surface area contributed by atoms with E-state index in [1.807, 2.05) is 18.0 Å².